The number of fused-ring (bicyclic) bond motifs is 1. The van der Waals surface area contributed by atoms with Crippen LogP contribution in [0.2, 0.25) is 0 Å². The standard InChI is InChI=1S/C31H36F3N5OS/c1-19-6-5-11-37(15-19)16-21-12-25(31(32,33)34)26-18-38(30(40)39(26)17-21)24-10-4-9-23(13-24)28(22-7-3-8-22)29-20(2)41-27(14-35)36-29/h4,9-10,12-13,17-20,22,27-29,36H,3,5-8,11,15-16H2,1-2H3/t19-,20?,27?,28-,29?/m0/s1. The molecule has 1 N–H and O–H groups in total. The number of piperidine rings is 1. The highest BCUT2D eigenvalue weighted by atomic mass is 32.2. The van der Waals surface area contributed by atoms with Gasteiger partial charge in [-0.05, 0) is 73.4 Å². The van der Waals surface area contributed by atoms with Crippen LogP contribution in [0.3, 0.4) is 0 Å². The summed E-state index contributed by atoms with van der Waals surface area (Å²) in [6.45, 7) is 6.37. The summed E-state index contributed by atoms with van der Waals surface area (Å²) in [5.74, 6) is 1.12. The van der Waals surface area contributed by atoms with Crippen LogP contribution >= 0.6 is 11.8 Å². The Morgan fingerprint density at radius 3 is 2.61 bits per heavy atom. The third-order valence-corrected chi connectivity index (χ3v) is 10.4. The molecule has 6 rings (SSSR count). The summed E-state index contributed by atoms with van der Waals surface area (Å²) in [4.78, 5) is 15.8. The monoisotopic (exact) mass is 583 g/mol. The summed E-state index contributed by atoms with van der Waals surface area (Å²) in [7, 11) is 0. The minimum atomic E-state index is -4.59. The van der Waals surface area contributed by atoms with Crippen molar-refractivity contribution in [3.05, 3.63) is 69.9 Å². The van der Waals surface area contributed by atoms with Gasteiger partial charge in [-0.3, -0.25) is 19.2 Å². The van der Waals surface area contributed by atoms with Crippen molar-refractivity contribution in [1.82, 2.24) is 19.2 Å². The lowest BCUT2D eigenvalue weighted by atomic mass is 9.69. The van der Waals surface area contributed by atoms with Crippen LogP contribution in [0.25, 0.3) is 11.2 Å². The van der Waals surface area contributed by atoms with E-state index in [0.29, 0.717) is 29.6 Å². The number of nitriles is 1. The Labute approximate surface area is 242 Å². The SMILES string of the molecule is CC1SC(C#N)NC1[C@H](c1cccc(-n2cc3c(C(F)(F)F)cc(CN4CCC[C@H](C)C4)cn3c2=O)c1)C1CCC1. The van der Waals surface area contributed by atoms with E-state index in [4.69, 9.17) is 0 Å². The van der Waals surface area contributed by atoms with Crippen LogP contribution < -0.4 is 11.0 Å². The van der Waals surface area contributed by atoms with E-state index in [0.717, 1.165) is 48.7 Å². The van der Waals surface area contributed by atoms with Gasteiger partial charge in [0.05, 0.1) is 22.8 Å². The van der Waals surface area contributed by atoms with Crippen molar-refractivity contribution in [3.63, 3.8) is 0 Å². The molecule has 5 atom stereocenters. The van der Waals surface area contributed by atoms with E-state index in [1.54, 1.807) is 24.0 Å². The molecule has 2 aromatic heterocycles. The first kappa shape index (κ1) is 28.4. The Kier molecular flexibility index (Phi) is 7.72. The Morgan fingerprint density at radius 2 is 1.95 bits per heavy atom. The first-order chi connectivity index (χ1) is 19.6. The molecule has 41 heavy (non-hydrogen) atoms. The number of pyridine rings is 1. The molecule has 4 heterocycles. The minimum absolute atomic E-state index is 0.104. The van der Waals surface area contributed by atoms with Gasteiger partial charge in [0.25, 0.3) is 0 Å². The molecule has 0 radical (unpaired) electrons. The van der Waals surface area contributed by atoms with Gasteiger partial charge in [-0.15, -0.1) is 11.8 Å². The maximum Gasteiger partial charge on any atom is 0.418 e. The number of nitrogens with zero attached hydrogens (tertiary/aromatic N) is 4. The van der Waals surface area contributed by atoms with E-state index in [2.05, 4.69) is 30.1 Å². The Bertz CT molecular complexity index is 1520. The van der Waals surface area contributed by atoms with Crippen LogP contribution in [0.1, 0.15) is 68.6 Å². The number of thioether (sulfide) groups is 1. The second-order valence-corrected chi connectivity index (χ2v) is 13.6. The molecule has 6 nitrogen and oxygen atoms in total. The molecule has 1 aromatic carbocycles. The fraction of sp³-hybridized carbons (Fsp3) is 0.548. The number of nitrogens with one attached hydrogen (secondary N) is 1. The Balaban J connectivity index is 1.39. The van der Waals surface area contributed by atoms with Crippen molar-refractivity contribution in [2.45, 2.75) is 81.3 Å². The number of alkyl halides is 3. The van der Waals surface area contributed by atoms with Crippen molar-refractivity contribution in [1.29, 1.82) is 5.26 Å². The minimum Gasteiger partial charge on any atom is -0.299 e. The molecule has 1 saturated carbocycles. The predicted molar refractivity (Wildman–Crippen MR) is 155 cm³/mol. The number of halogens is 3. The highest BCUT2D eigenvalue weighted by Gasteiger charge is 2.42. The van der Waals surface area contributed by atoms with E-state index in [9.17, 15) is 23.2 Å². The molecule has 2 aliphatic heterocycles. The van der Waals surface area contributed by atoms with Crippen LogP contribution in [0.5, 0.6) is 0 Å². The van der Waals surface area contributed by atoms with E-state index >= 15 is 0 Å². The molecule has 3 fully saturated rings. The van der Waals surface area contributed by atoms with E-state index in [1.807, 2.05) is 18.2 Å². The average Bonchev–Trinajstić information content (AvgIpc) is 3.44. The Morgan fingerprint density at radius 1 is 1.15 bits per heavy atom. The van der Waals surface area contributed by atoms with Crippen molar-refractivity contribution >= 4 is 17.3 Å². The third-order valence-electron chi connectivity index (χ3n) is 9.17. The molecular weight excluding hydrogens is 547 g/mol. The molecular formula is C31H36F3N5OS. The molecule has 218 valence electrons. The second kappa shape index (κ2) is 11.2. The van der Waals surface area contributed by atoms with Crippen LogP contribution in [-0.2, 0) is 12.7 Å². The quantitative estimate of drug-likeness (QED) is 0.376. The lowest BCUT2D eigenvalue weighted by Crippen LogP contribution is -2.42. The first-order valence-corrected chi connectivity index (χ1v) is 15.5. The van der Waals surface area contributed by atoms with Gasteiger partial charge in [0.15, 0.2) is 0 Å². The second-order valence-electron chi connectivity index (χ2n) is 12.1. The highest BCUT2D eigenvalue weighted by Crippen LogP contribution is 2.46. The molecule has 0 spiro atoms. The van der Waals surface area contributed by atoms with Crippen LogP contribution in [0.15, 0.2) is 47.5 Å². The number of hydrogen-bond acceptors (Lipinski definition) is 5. The number of benzene rings is 1. The fourth-order valence-electron chi connectivity index (χ4n) is 7.00. The lowest BCUT2D eigenvalue weighted by Gasteiger charge is -2.39. The summed E-state index contributed by atoms with van der Waals surface area (Å²) < 4.78 is 45.4. The molecule has 0 amide bonds. The number of likely N-dealkylation sites (tertiary alicyclic amines) is 1. The molecule has 10 heteroatoms. The van der Waals surface area contributed by atoms with Crippen molar-refractivity contribution in [3.8, 4) is 11.8 Å². The average molecular weight is 584 g/mol. The number of aromatic nitrogens is 2. The fourth-order valence-corrected chi connectivity index (χ4v) is 8.14. The van der Waals surface area contributed by atoms with Gasteiger partial charge in [0, 0.05) is 42.7 Å². The lowest BCUT2D eigenvalue weighted by molar-refractivity contribution is -0.136. The maximum absolute atomic E-state index is 14.3. The predicted octanol–water partition coefficient (Wildman–Crippen LogP) is 6.17. The Hall–Kier alpha value is -2.74. The van der Waals surface area contributed by atoms with Crippen LogP contribution in [-0.4, -0.2) is 43.6 Å². The topological polar surface area (TPSA) is 65.5 Å². The van der Waals surface area contributed by atoms with E-state index < -0.39 is 17.4 Å². The van der Waals surface area contributed by atoms with Crippen LogP contribution in [0.4, 0.5) is 13.2 Å². The zero-order chi connectivity index (χ0) is 28.9. The highest BCUT2D eigenvalue weighted by molar-refractivity contribution is 8.01. The van der Waals surface area contributed by atoms with E-state index in [1.165, 1.54) is 23.3 Å². The van der Waals surface area contributed by atoms with Gasteiger partial charge in [0.2, 0.25) is 0 Å². The van der Waals surface area contributed by atoms with E-state index in [-0.39, 0.29) is 28.1 Å². The van der Waals surface area contributed by atoms with Crippen LogP contribution in [0, 0.1) is 23.2 Å². The third kappa shape index (κ3) is 5.56. The molecule has 2 saturated heterocycles. The number of hydrogen-bond donors (Lipinski definition) is 1. The maximum atomic E-state index is 14.3. The first-order valence-electron chi connectivity index (χ1n) is 14.6. The van der Waals surface area contributed by atoms with Crippen molar-refractivity contribution in [2.24, 2.45) is 11.8 Å². The van der Waals surface area contributed by atoms with Crippen molar-refractivity contribution < 1.29 is 13.2 Å². The van der Waals surface area contributed by atoms with Gasteiger partial charge in [-0.1, -0.05) is 32.4 Å². The summed E-state index contributed by atoms with van der Waals surface area (Å²) in [5, 5.41) is 13.0. The zero-order valence-electron chi connectivity index (χ0n) is 23.4. The van der Waals surface area contributed by atoms with Gasteiger partial charge in [-0.2, -0.15) is 18.4 Å². The zero-order valence-corrected chi connectivity index (χ0v) is 24.2. The molecule has 1 aliphatic carbocycles. The van der Waals surface area contributed by atoms with Gasteiger partial charge >= 0.3 is 11.9 Å². The summed E-state index contributed by atoms with van der Waals surface area (Å²) in [6.07, 6.45) is 3.83. The molecule has 0 bridgehead atoms. The summed E-state index contributed by atoms with van der Waals surface area (Å²) in [6, 6.07) is 11.3. The molecule has 3 aliphatic rings. The number of imidazole rings is 1. The summed E-state index contributed by atoms with van der Waals surface area (Å²) >= 11 is 1.63. The van der Waals surface area contributed by atoms with Gasteiger partial charge in [0.1, 0.15) is 5.37 Å². The molecule has 3 unspecified atom stereocenters. The van der Waals surface area contributed by atoms with Gasteiger partial charge < -0.3 is 0 Å². The number of rotatable bonds is 6. The van der Waals surface area contributed by atoms with Gasteiger partial charge in [-0.25, -0.2) is 4.79 Å². The smallest absolute Gasteiger partial charge is 0.299 e. The molecule has 3 aromatic rings. The largest absolute Gasteiger partial charge is 0.418 e. The normalized spacial score (nSPS) is 26.6. The summed E-state index contributed by atoms with van der Waals surface area (Å²) in [5.41, 5.74) is 0.651. The van der Waals surface area contributed by atoms with Crippen molar-refractivity contribution in [2.75, 3.05) is 13.1 Å².